The van der Waals surface area contributed by atoms with Crippen LogP contribution in [-0.4, -0.2) is 32.4 Å². The minimum absolute atomic E-state index is 0.122. The molecule has 0 bridgehead atoms. The number of aryl methyl sites for hydroxylation is 1. The van der Waals surface area contributed by atoms with Gasteiger partial charge in [0.1, 0.15) is 5.75 Å². The summed E-state index contributed by atoms with van der Waals surface area (Å²) in [6, 6.07) is 15.8. The van der Waals surface area contributed by atoms with Crippen molar-refractivity contribution in [1.82, 2.24) is 5.48 Å². The van der Waals surface area contributed by atoms with Crippen molar-refractivity contribution in [3.8, 4) is 5.75 Å². The van der Waals surface area contributed by atoms with Gasteiger partial charge in [-0.1, -0.05) is 30.3 Å². The number of hydroxylamine groups is 1. The Morgan fingerprint density at radius 3 is 2.35 bits per heavy atom. The Morgan fingerprint density at radius 2 is 1.77 bits per heavy atom. The fourth-order valence-corrected chi connectivity index (χ4v) is 4.31. The lowest BCUT2D eigenvalue weighted by molar-refractivity contribution is -0.132. The third-order valence-electron chi connectivity index (χ3n) is 4.18. The summed E-state index contributed by atoms with van der Waals surface area (Å²) in [6.45, 7) is 0. The van der Waals surface area contributed by atoms with Gasteiger partial charge in [0, 0.05) is 0 Å². The van der Waals surface area contributed by atoms with Gasteiger partial charge in [-0.3, -0.25) is 10.0 Å². The zero-order valence-electron chi connectivity index (χ0n) is 14.6. The van der Waals surface area contributed by atoms with E-state index in [0.717, 1.165) is 12.0 Å². The fourth-order valence-electron chi connectivity index (χ4n) is 2.72. The quantitative estimate of drug-likeness (QED) is 0.518. The molecule has 1 unspecified atom stereocenters. The zero-order valence-corrected chi connectivity index (χ0v) is 15.4. The van der Waals surface area contributed by atoms with Crippen LogP contribution >= 0.6 is 0 Å². The number of benzene rings is 2. The Hall–Kier alpha value is -2.38. The van der Waals surface area contributed by atoms with Crippen LogP contribution in [0.1, 0.15) is 18.4 Å². The third kappa shape index (κ3) is 5.57. The predicted octanol–water partition coefficient (Wildman–Crippen LogP) is 2.61. The van der Waals surface area contributed by atoms with Crippen LogP contribution in [0.3, 0.4) is 0 Å². The van der Waals surface area contributed by atoms with Crippen LogP contribution in [0.2, 0.25) is 0 Å². The van der Waals surface area contributed by atoms with E-state index in [1.807, 2.05) is 30.3 Å². The lowest BCUT2D eigenvalue weighted by atomic mass is 10.0. The maximum Gasteiger partial charge on any atom is 0.247 e. The molecule has 0 aliphatic heterocycles. The molecule has 0 spiro atoms. The maximum absolute atomic E-state index is 12.6. The second kappa shape index (κ2) is 9.35. The van der Waals surface area contributed by atoms with Gasteiger partial charge in [0.25, 0.3) is 0 Å². The zero-order chi connectivity index (χ0) is 19.0. The number of amides is 1. The highest BCUT2D eigenvalue weighted by molar-refractivity contribution is 7.91. The van der Waals surface area contributed by atoms with Gasteiger partial charge in [-0.15, -0.1) is 0 Å². The summed E-state index contributed by atoms with van der Waals surface area (Å²) in [7, 11) is -2.16. The number of hydrogen-bond acceptors (Lipinski definition) is 5. The van der Waals surface area contributed by atoms with E-state index < -0.39 is 21.7 Å². The molecule has 26 heavy (non-hydrogen) atoms. The van der Waals surface area contributed by atoms with E-state index in [2.05, 4.69) is 0 Å². The van der Waals surface area contributed by atoms with Gasteiger partial charge in [0.15, 0.2) is 9.84 Å². The summed E-state index contributed by atoms with van der Waals surface area (Å²) in [5, 5.41) is 8.95. The molecule has 140 valence electrons. The van der Waals surface area contributed by atoms with Crippen LogP contribution in [0, 0.1) is 5.92 Å². The first-order valence-corrected chi connectivity index (χ1v) is 9.96. The van der Waals surface area contributed by atoms with E-state index in [1.165, 1.54) is 19.2 Å². The van der Waals surface area contributed by atoms with E-state index in [4.69, 9.17) is 9.94 Å². The average molecular weight is 377 g/mol. The van der Waals surface area contributed by atoms with Crippen molar-refractivity contribution in [3.05, 3.63) is 60.2 Å². The smallest absolute Gasteiger partial charge is 0.247 e. The van der Waals surface area contributed by atoms with Crippen molar-refractivity contribution >= 4 is 15.7 Å². The molecule has 7 heteroatoms. The van der Waals surface area contributed by atoms with E-state index in [-0.39, 0.29) is 10.6 Å². The lowest BCUT2D eigenvalue weighted by Crippen LogP contribution is -2.33. The number of carbonyl (C=O) groups excluding carboxylic acids is 1. The number of rotatable bonds is 9. The molecule has 0 heterocycles. The highest BCUT2D eigenvalue weighted by atomic mass is 32.2. The molecule has 0 aliphatic rings. The highest BCUT2D eigenvalue weighted by Gasteiger charge is 2.26. The van der Waals surface area contributed by atoms with Crippen LogP contribution in [0.5, 0.6) is 5.75 Å². The Bertz CT molecular complexity index is 804. The number of sulfone groups is 1. The number of carbonyl (C=O) groups is 1. The molecule has 0 saturated carbocycles. The molecule has 0 aromatic heterocycles. The van der Waals surface area contributed by atoms with Crippen molar-refractivity contribution in [2.45, 2.75) is 24.2 Å². The highest BCUT2D eigenvalue weighted by Crippen LogP contribution is 2.21. The summed E-state index contributed by atoms with van der Waals surface area (Å²) in [6.07, 6.45) is 1.73. The van der Waals surface area contributed by atoms with Crippen molar-refractivity contribution in [3.63, 3.8) is 0 Å². The summed E-state index contributed by atoms with van der Waals surface area (Å²) in [5.41, 5.74) is 2.70. The fraction of sp³-hybridized carbons (Fsp3) is 0.316. The van der Waals surface area contributed by atoms with E-state index in [1.54, 1.807) is 17.6 Å². The summed E-state index contributed by atoms with van der Waals surface area (Å²) in [4.78, 5) is 12.0. The first-order chi connectivity index (χ1) is 12.5. The van der Waals surface area contributed by atoms with Crippen LogP contribution in [0.15, 0.2) is 59.5 Å². The predicted molar refractivity (Wildman–Crippen MR) is 97.8 cm³/mol. The molecule has 1 amide bonds. The van der Waals surface area contributed by atoms with Crippen LogP contribution in [0.4, 0.5) is 0 Å². The van der Waals surface area contributed by atoms with Crippen LogP contribution in [0.25, 0.3) is 0 Å². The summed E-state index contributed by atoms with van der Waals surface area (Å²) in [5.74, 6) is -1.32. The topological polar surface area (TPSA) is 92.7 Å². The Balaban J connectivity index is 2.04. The Morgan fingerprint density at radius 1 is 1.12 bits per heavy atom. The third-order valence-corrected chi connectivity index (χ3v) is 6.01. The first-order valence-electron chi connectivity index (χ1n) is 8.31. The molecule has 2 aromatic rings. The molecule has 0 fully saturated rings. The molecule has 0 radical (unpaired) electrons. The van der Waals surface area contributed by atoms with E-state index in [9.17, 15) is 13.2 Å². The van der Waals surface area contributed by atoms with Crippen LogP contribution in [-0.2, 0) is 21.1 Å². The lowest BCUT2D eigenvalue weighted by Gasteiger charge is -2.15. The molecular formula is C19H23NO5S. The SMILES string of the molecule is COc1ccc(S(=O)(=O)CC(CCCc2ccccc2)C(=O)NO)cc1. The number of methoxy groups -OCH3 is 1. The second-order valence-corrected chi connectivity index (χ2v) is 8.04. The number of ether oxygens (including phenoxy) is 1. The van der Waals surface area contributed by atoms with Gasteiger partial charge in [0.05, 0.1) is 23.7 Å². The van der Waals surface area contributed by atoms with Crippen molar-refractivity contribution in [2.24, 2.45) is 5.92 Å². The van der Waals surface area contributed by atoms with Gasteiger partial charge in [-0.05, 0) is 49.1 Å². The number of hydrogen-bond donors (Lipinski definition) is 2. The second-order valence-electron chi connectivity index (χ2n) is 6.01. The monoisotopic (exact) mass is 377 g/mol. The Labute approximate surface area is 153 Å². The van der Waals surface area contributed by atoms with E-state index >= 15 is 0 Å². The minimum Gasteiger partial charge on any atom is -0.497 e. The molecule has 0 saturated heterocycles. The first kappa shape index (κ1) is 19.9. The number of nitrogens with one attached hydrogen (secondary N) is 1. The molecule has 2 aromatic carbocycles. The summed E-state index contributed by atoms with van der Waals surface area (Å²) >= 11 is 0. The van der Waals surface area contributed by atoms with Crippen molar-refractivity contribution < 1.29 is 23.2 Å². The molecular weight excluding hydrogens is 354 g/mol. The van der Waals surface area contributed by atoms with Gasteiger partial charge in [-0.25, -0.2) is 13.9 Å². The minimum atomic E-state index is -3.66. The van der Waals surface area contributed by atoms with Crippen LogP contribution < -0.4 is 10.2 Å². The Kier molecular flexibility index (Phi) is 7.17. The van der Waals surface area contributed by atoms with Gasteiger partial charge in [-0.2, -0.15) is 0 Å². The average Bonchev–Trinajstić information content (AvgIpc) is 2.67. The maximum atomic E-state index is 12.6. The molecule has 2 N–H and O–H groups in total. The van der Waals surface area contributed by atoms with Gasteiger partial charge in [0.2, 0.25) is 5.91 Å². The molecule has 1 atom stereocenters. The molecule has 0 aliphatic carbocycles. The summed E-state index contributed by atoms with van der Waals surface area (Å²) < 4.78 is 30.2. The van der Waals surface area contributed by atoms with Crippen molar-refractivity contribution in [2.75, 3.05) is 12.9 Å². The largest absolute Gasteiger partial charge is 0.497 e. The van der Waals surface area contributed by atoms with Crippen molar-refractivity contribution in [1.29, 1.82) is 0 Å². The van der Waals surface area contributed by atoms with E-state index in [0.29, 0.717) is 18.6 Å². The standard InChI is InChI=1S/C19H23NO5S/c1-25-17-10-12-18(13-11-17)26(23,24)14-16(19(21)20-22)9-5-8-15-6-3-2-4-7-15/h2-4,6-7,10-13,16,22H,5,8-9,14H2,1H3,(H,20,21). The molecule has 2 rings (SSSR count). The van der Waals surface area contributed by atoms with Gasteiger partial charge < -0.3 is 4.74 Å². The molecule has 6 nitrogen and oxygen atoms in total. The normalized spacial score (nSPS) is 12.4. The van der Waals surface area contributed by atoms with Gasteiger partial charge >= 0.3 is 0 Å².